The molecule has 0 spiro atoms. The molecule has 0 aliphatic heterocycles. The molecule has 0 saturated heterocycles. The van der Waals surface area contributed by atoms with Crippen molar-refractivity contribution < 1.29 is 9.18 Å². The molecule has 3 rings (SSSR count). The van der Waals surface area contributed by atoms with Crippen LogP contribution in [0.2, 0.25) is 0 Å². The van der Waals surface area contributed by atoms with Gasteiger partial charge in [0.2, 0.25) is 0 Å². The molecule has 3 aromatic rings. The van der Waals surface area contributed by atoms with E-state index in [2.05, 4.69) is 15.0 Å². The van der Waals surface area contributed by atoms with Gasteiger partial charge in [0.05, 0.1) is 0 Å². The Morgan fingerprint density at radius 2 is 1.91 bits per heavy atom. The Morgan fingerprint density at radius 3 is 2.48 bits per heavy atom. The van der Waals surface area contributed by atoms with Crippen molar-refractivity contribution in [1.82, 2.24) is 19.5 Å². The number of benzene rings is 1. The Morgan fingerprint density at radius 1 is 1.26 bits per heavy atom. The number of primary amides is 1. The largest absolute Gasteiger partial charge is 0.364 e. The number of rotatable bonds is 3. The number of carbonyl (C=O) groups is 1. The first kappa shape index (κ1) is 14.9. The average Bonchev–Trinajstić information content (AvgIpc) is 2.82. The van der Waals surface area contributed by atoms with Gasteiger partial charge in [-0.05, 0) is 38.1 Å². The molecule has 7 nitrogen and oxygen atoms in total. The fraction of sp³-hybridized carbons (Fsp3) is 0.200. The van der Waals surface area contributed by atoms with E-state index in [9.17, 15) is 14.0 Å². The summed E-state index contributed by atoms with van der Waals surface area (Å²) in [5, 5.41) is 0. The van der Waals surface area contributed by atoms with E-state index < -0.39 is 17.4 Å². The Bertz CT molecular complexity index is 956. The van der Waals surface area contributed by atoms with Gasteiger partial charge in [0.25, 0.3) is 5.91 Å². The van der Waals surface area contributed by atoms with Crippen LogP contribution in [0.1, 0.15) is 30.4 Å². The molecule has 1 aromatic carbocycles. The second-order valence-corrected chi connectivity index (χ2v) is 5.36. The number of halogens is 1. The maximum absolute atomic E-state index is 13.1. The molecule has 118 valence electrons. The van der Waals surface area contributed by atoms with E-state index in [-0.39, 0.29) is 28.7 Å². The number of fused-ring (bicyclic) bond motifs is 1. The summed E-state index contributed by atoms with van der Waals surface area (Å²) in [5.74, 6) is -0.983. The van der Waals surface area contributed by atoms with Crippen molar-refractivity contribution in [2.75, 3.05) is 0 Å². The van der Waals surface area contributed by atoms with Crippen molar-refractivity contribution in [3.8, 4) is 11.4 Å². The first-order chi connectivity index (χ1) is 10.9. The van der Waals surface area contributed by atoms with Crippen LogP contribution in [0.4, 0.5) is 4.39 Å². The smallest absolute Gasteiger partial charge is 0.327 e. The maximum Gasteiger partial charge on any atom is 0.327 e. The monoisotopic (exact) mass is 315 g/mol. The van der Waals surface area contributed by atoms with Gasteiger partial charge in [-0.25, -0.2) is 19.2 Å². The average molecular weight is 315 g/mol. The zero-order chi connectivity index (χ0) is 16.7. The predicted octanol–water partition coefficient (Wildman–Crippen LogP) is 1.61. The molecule has 3 N–H and O–H groups in total. The van der Waals surface area contributed by atoms with Crippen LogP contribution < -0.4 is 11.4 Å². The van der Waals surface area contributed by atoms with Crippen molar-refractivity contribution in [2.24, 2.45) is 5.73 Å². The molecule has 0 fully saturated rings. The molecule has 0 bridgehead atoms. The normalized spacial score (nSPS) is 11.3. The van der Waals surface area contributed by atoms with Crippen molar-refractivity contribution in [3.63, 3.8) is 0 Å². The van der Waals surface area contributed by atoms with Gasteiger partial charge in [-0.2, -0.15) is 0 Å². The number of nitrogens with two attached hydrogens (primary N) is 1. The molecule has 23 heavy (non-hydrogen) atoms. The highest BCUT2D eigenvalue weighted by molar-refractivity contribution is 6.01. The summed E-state index contributed by atoms with van der Waals surface area (Å²) < 4.78 is 14.5. The van der Waals surface area contributed by atoms with Gasteiger partial charge in [-0.15, -0.1) is 0 Å². The topological polar surface area (TPSA) is 107 Å². The Labute approximate surface area is 130 Å². The van der Waals surface area contributed by atoms with Gasteiger partial charge >= 0.3 is 5.69 Å². The van der Waals surface area contributed by atoms with Gasteiger partial charge in [-0.1, -0.05) is 0 Å². The quantitative estimate of drug-likeness (QED) is 0.765. The van der Waals surface area contributed by atoms with Crippen molar-refractivity contribution in [3.05, 3.63) is 46.3 Å². The zero-order valence-corrected chi connectivity index (χ0v) is 12.5. The van der Waals surface area contributed by atoms with E-state index in [1.807, 2.05) is 13.8 Å². The highest BCUT2D eigenvalue weighted by atomic mass is 19.1. The summed E-state index contributed by atoms with van der Waals surface area (Å²) >= 11 is 0. The van der Waals surface area contributed by atoms with Crippen LogP contribution in [0.3, 0.4) is 0 Å². The van der Waals surface area contributed by atoms with Crippen LogP contribution in [0, 0.1) is 5.82 Å². The zero-order valence-electron chi connectivity index (χ0n) is 12.5. The molecule has 0 aliphatic rings. The van der Waals surface area contributed by atoms with Crippen LogP contribution in [-0.2, 0) is 0 Å². The van der Waals surface area contributed by atoms with E-state index in [4.69, 9.17) is 5.73 Å². The number of nitrogens with zero attached hydrogens (tertiary/aromatic N) is 3. The minimum Gasteiger partial charge on any atom is -0.364 e. The molecular weight excluding hydrogens is 301 g/mol. The van der Waals surface area contributed by atoms with Crippen molar-refractivity contribution >= 4 is 17.1 Å². The summed E-state index contributed by atoms with van der Waals surface area (Å²) in [7, 11) is 0. The van der Waals surface area contributed by atoms with Crippen LogP contribution in [-0.4, -0.2) is 25.4 Å². The third-order valence-electron chi connectivity index (χ3n) is 3.42. The molecule has 0 unspecified atom stereocenters. The van der Waals surface area contributed by atoms with E-state index in [0.29, 0.717) is 5.56 Å². The summed E-state index contributed by atoms with van der Waals surface area (Å²) in [6, 6.07) is 5.34. The van der Waals surface area contributed by atoms with Gasteiger partial charge < -0.3 is 10.7 Å². The summed E-state index contributed by atoms with van der Waals surface area (Å²) in [4.78, 5) is 34.8. The Hall–Kier alpha value is -3.03. The first-order valence-electron chi connectivity index (χ1n) is 6.96. The number of aromatic amines is 1. The molecule has 0 radical (unpaired) electrons. The maximum atomic E-state index is 13.1. The third kappa shape index (κ3) is 2.48. The summed E-state index contributed by atoms with van der Waals surface area (Å²) in [6.07, 6.45) is 0. The standard InChI is InChI=1S/C15H14FN5O2/c1-7(2)21-14-11(19-15(21)23)10(12(17)22)18-13(20-14)8-3-5-9(16)6-4-8/h3-7H,1-2H3,(H2,17,22)(H,19,23). The SMILES string of the molecule is CC(C)n1c(=O)[nH]c2c(C(N)=O)nc(-c3ccc(F)cc3)nc21. The van der Waals surface area contributed by atoms with Crippen LogP contribution >= 0.6 is 0 Å². The molecule has 0 aliphatic carbocycles. The lowest BCUT2D eigenvalue weighted by Gasteiger charge is -2.08. The second kappa shape index (κ2) is 5.31. The molecule has 2 heterocycles. The highest BCUT2D eigenvalue weighted by Gasteiger charge is 2.20. The summed E-state index contributed by atoms with van der Waals surface area (Å²) in [5.41, 5.74) is 5.88. The number of hydrogen-bond donors (Lipinski definition) is 2. The predicted molar refractivity (Wildman–Crippen MR) is 82.4 cm³/mol. The first-order valence-corrected chi connectivity index (χ1v) is 6.96. The molecule has 8 heteroatoms. The van der Waals surface area contributed by atoms with Crippen molar-refractivity contribution in [2.45, 2.75) is 19.9 Å². The summed E-state index contributed by atoms with van der Waals surface area (Å²) in [6.45, 7) is 3.64. The molecule has 2 aromatic heterocycles. The second-order valence-electron chi connectivity index (χ2n) is 5.36. The van der Waals surface area contributed by atoms with Gasteiger partial charge in [-0.3, -0.25) is 9.36 Å². The molecule has 0 saturated carbocycles. The third-order valence-corrected chi connectivity index (χ3v) is 3.42. The number of hydrogen-bond acceptors (Lipinski definition) is 4. The van der Waals surface area contributed by atoms with E-state index in [1.54, 1.807) is 0 Å². The number of nitrogens with one attached hydrogen (secondary N) is 1. The lowest BCUT2D eigenvalue weighted by molar-refractivity contribution is 0.0997. The van der Waals surface area contributed by atoms with Gasteiger partial charge in [0.15, 0.2) is 17.2 Å². The van der Waals surface area contributed by atoms with Crippen molar-refractivity contribution in [1.29, 1.82) is 0 Å². The number of aromatic nitrogens is 4. The number of H-pyrrole nitrogens is 1. The minimum atomic E-state index is -0.780. The highest BCUT2D eigenvalue weighted by Crippen LogP contribution is 2.21. The van der Waals surface area contributed by atoms with Gasteiger partial charge in [0.1, 0.15) is 11.3 Å². The van der Waals surface area contributed by atoms with Gasteiger partial charge in [0, 0.05) is 11.6 Å². The van der Waals surface area contributed by atoms with E-state index in [1.165, 1.54) is 28.8 Å². The molecular formula is C15H14FN5O2. The van der Waals surface area contributed by atoms with E-state index in [0.717, 1.165) is 0 Å². The number of imidazole rings is 1. The lowest BCUT2D eigenvalue weighted by Crippen LogP contribution is -2.18. The van der Waals surface area contributed by atoms with Crippen LogP contribution in [0.25, 0.3) is 22.6 Å². The number of amides is 1. The Balaban J connectivity index is 2.36. The van der Waals surface area contributed by atoms with Crippen LogP contribution in [0.15, 0.2) is 29.1 Å². The fourth-order valence-corrected chi connectivity index (χ4v) is 2.39. The van der Waals surface area contributed by atoms with E-state index >= 15 is 0 Å². The lowest BCUT2D eigenvalue weighted by atomic mass is 10.2. The minimum absolute atomic E-state index is 0.0779. The van der Waals surface area contributed by atoms with Crippen LogP contribution in [0.5, 0.6) is 0 Å². The molecule has 0 atom stereocenters. The number of carbonyl (C=O) groups excluding carboxylic acids is 1. The molecule has 1 amide bonds. The Kier molecular flexibility index (Phi) is 3.44. The fourth-order valence-electron chi connectivity index (χ4n) is 2.39.